The van der Waals surface area contributed by atoms with Gasteiger partial charge in [-0.1, -0.05) is 17.7 Å². The van der Waals surface area contributed by atoms with E-state index in [1.165, 1.54) is 0 Å². The van der Waals surface area contributed by atoms with Crippen LogP contribution in [0.5, 0.6) is 0 Å². The van der Waals surface area contributed by atoms with E-state index in [2.05, 4.69) is 26.3 Å². The molecule has 1 aromatic heterocycles. The molecule has 0 bridgehead atoms. The van der Waals surface area contributed by atoms with Gasteiger partial charge in [0.25, 0.3) is 0 Å². The number of anilines is 2. The van der Waals surface area contributed by atoms with Crippen LogP contribution >= 0.6 is 11.6 Å². The number of nitrogens with zero attached hydrogens (tertiary/aromatic N) is 4. The van der Waals surface area contributed by atoms with Crippen molar-refractivity contribution in [2.75, 3.05) is 42.9 Å². The molecule has 3 rings (SSSR count). The van der Waals surface area contributed by atoms with Gasteiger partial charge in [0, 0.05) is 56.2 Å². The number of aryl methyl sites for hydroxylation is 1. The zero-order chi connectivity index (χ0) is 16.2. The molecule has 1 N–H and O–H groups in total. The summed E-state index contributed by atoms with van der Waals surface area (Å²) in [6.45, 7) is 3.86. The van der Waals surface area contributed by atoms with Gasteiger partial charge in [0.2, 0.25) is 5.91 Å². The molecule has 2 aromatic rings. The van der Waals surface area contributed by atoms with Crippen LogP contribution in [-0.4, -0.2) is 53.3 Å². The molecular weight excluding hydrogens is 314 g/mol. The van der Waals surface area contributed by atoms with Crippen molar-refractivity contribution in [3.63, 3.8) is 0 Å². The molecule has 0 aliphatic carbocycles. The quantitative estimate of drug-likeness (QED) is 0.927. The van der Waals surface area contributed by atoms with Gasteiger partial charge in [-0.3, -0.25) is 14.4 Å². The summed E-state index contributed by atoms with van der Waals surface area (Å²) in [5, 5.41) is 7.72. The second-order valence-electron chi connectivity index (χ2n) is 5.67. The summed E-state index contributed by atoms with van der Waals surface area (Å²) in [6, 6.07) is 9.67. The van der Waals surface area contributed by atoms with Crippen molar-refractivity contribution < 1.29 is 4.79 Å². The predicted molar refractivity (Wildman–Crippen MR) is 91.9 cm³/mol. The third-order valence-corrected chi connectivity index (χ3v) is 4.13. The first kappa shape index (κ1) is 15.8. The summed E-state index contributed by atoms with van der Waals surface area (Å²) >= 11 is 6.04. The van der Waals surface area contributed by atoms with Crippen LogP contribution in [0.4, 0.5) is 11.5 Å². The van der Waals surface area contributed by atoms with Gasteiger partial charge in [-0.15, -0.1) is 0 Å². The van der Waals surface area contributed by atoms with Crippen LogP contribution < -0.4 is 10.2 Å². The molecule has 0 atom stereocenters. The molecule has 1 aromatic carbocycles. The van der Waals surface area contributed by atoms with E-state index in [0.29, 0.717) is 12.4 Å². The van der Waals surface area contributed by atoms with Crippen molar-refractivity contribution in [3.8, 4) is 0 Å². The SMILES string of the molecule is Cn1ccc(NC(=O)CN2CCN(c3cccc(Cl)c3)CC2)n1. The molecular formula is C16H20ClN5O. The number of nitrogens with one attached hydrogen (secondary N) is 1. The summed E-state index contributed by atoms with van der Waals surface area (Å²) in [6.07, 6.45) is 1.80. The maximum Gasteiger partial charge on any atom is 0.239 e. The van der Waals surface area contributed by atoms with Gasteiger partial charge >= 0.3 is 0 Å². The van der Waals surface area contributed by atoms with E-state index in [0.717, 1.165) is 36.9 Å². The second kappa shape index (κ2) is 7.02. The smallest absolute Gasteiger partial charge is 0.239 e. The monoisotopic (exact) mass is 333 g/mol. The average Bonchev–Trinajstić information content (AvgIpc) is 2.93. The Labute approximate surface area is 140 Å². The van der Waals surface area contributed by atoms with Gasteiger partial charge < -0.3 is 10.2 Å². The molecule has 1 aliphatic heterocycles. The van der Waals surface area contributed by atoms with E-state index in [1.54, 1.807) is 16.9 Å². The molecule has 0 spiro atoms. The summed E-state index contributed by atoms with van der Waals surface area (Å²) in [7, 11) is 1.82. The maximum absolute atomic E-state index is 12.1. The normalized spacial score (nSPS) is 15.7. The number of benzene rings is 1. The number of carbonyl (C=O) groups excluding carboxylic acids is 1. The highest BCUT2D eigenvalue weighted by atomic mass is 35.5. The first-order valence-electron chi connectivity index (χ1n) is 7.62. The number of aromatic nitrogens is 2. The van der Waals surface area contributed by atoms with Crippen LogP contribution in [0.3, 0.4) is 0 Å². The third kappa shape index (κ3) is 4.24. The molecule has 0 saturated carbocycles. The zero-order valence-electron chi connectivity index (χ0n) is 13.1. The van der Waals surface area contributed by atoms with Crippen molar-refractivity contribution in [1.29, 1.82) is 0 Å². The fourth-order valence-electron chi connectivity index (χ4n) is 2.70. The standard InChI is InChI=1S/C16H20ClN5O/c1-20-6-5-15(19-20)18-16(23)12-21-7-9-22(10-8-21)14-4-2-3-13(17)11-14/h2-6,11H,7-10,12H2,1H3,(H,18,19,23). The van der Waals surface area contributed by atoms with Crippen LogP contribution in [0, 0.1) is 0 Å². The first-order valence-corrected chi connectivity index (χ1v) is 8.00. The van der Waals surface area contributed by atoms with Gasteiger partial charge in [-0.2, -0.15) is 5.10 Å². The van der Waals surface area contributed by atoms with E-state index in [-0.39, 0.29) is 5.91 Å². The van der Waals surface area contributed by atoms with E-state index in [1.807, 2.05) is 25.2 Å². The van der Waals surface area contributed by atoms with E-state index >= 15 is 0 Å². The number of carbonyl (C=O) groups is 1. The number of halogens is 1. The molecule has 1 saturated heterocycles. The molecule has 1 amide bonds. The fraction of sp³-hybridized carbons (Fsp3) is 0.375. The molecule has 122 valence electrons. The Morgan fingerprint density at radius 1 is 1.26 bits per heavy atom. The minimum absolute atomic E-state index is 0.0279. The lowest BCUT2D eigenvalue weighted by molar-refractivity contribution is -0.117. The summed E-state index contributed by atoms with van der Waals surface area (Å²) < 4.78 is 1.67. The molecule has 1 fully saturated rings. The van der Waals surface area contributed by atoms with Crippen molar-refractivity contribution in [3.05, 3.63) is 41.6 Å². The number of hydrogen-bond donors (Lipinski definition) is 1. The molecule has 2 heterocycles. The molecule has 23 heavy (non-hydrogen) atoms. The minimum atomic E-state index is -0.0279. The predicted octanol–water partition coefficient (Wildman–Crippen LogP) is 1.83. The Morgan fingerprint density at radius 2 is 2.04 bits per heavy atom. The summed E-state index contributed by atoms with van der Waals surface area (Å²) in [5.41, 5.74) is 1.13. The molecule has 1 aliphatic rings. The Kier molecular flexibility index (Phi) is 4.83. The van der Waals surface area contributed by atoms with Gasteiger partial charge in [-0.25, -0.2) is 0 Å². The summed E-state index contributed by atoms with van der Waals surface area (Å²) in [4.78, 5) is 16.5. The Morgan fingerprint density at radius 3 is 2.70 bits per heavy atom. The zero-order valence-corrected chi connectivity index (χ0v) is 13.8. The Bertz CT molecular complexity index is 679. The minimum Gasteiger partial charge on any atom is -0.369 e. The lowest BCUT2D eigenvalue weighted by Gasteiger charge is -2.35. The van der Waals surface area contributed by atoms with Crippen LogP contribution in [0.1, 0.15) is 0 Å². The topological polar surface area (TPSA) is 53.4 Å². The van der Waals surface area contributed by atoms with Crippen LogP contribution in [0.2, 0.25) is 5.02 Å². The lowest BCUT2D eigenvalue weighted by Crippen LogP contribution is -2.48. The molecule has 0 radical (unpaired) electrons. The lowest BCUT2D eigenvalue weighted by atomic mass is 10.2. The van der Waals surface area contributed by atoms with E-state index in [9.17, 15) is 4.79 Å². The first-order chi connectivity index (χ1) is 11.1. The van der Waals surface area contributed by atoms with Gasteiger partial charge in [0.15, 0.2) is 5.82 Å². The largest absolute Gasteiger partial charge is 0.369 e. The van der Waals surface area contributed by atoms with Crippen LogP contribution in [-0.2, 0) is 11.8 Å². The number of piperazine rings is 1. The molecule has 0 unspecified atom stereocenters. The Balaban J connectivity index is 1.48. The van der Waals surface area contributed by atoms with Crippen molar-refractivity contribution >= 4 is 29.0 Å². The van der Waals surface area contributed by atoms with Crippen LogP contribution in [0.25, 0.3) is 0 Å². The van der Waals surface area contributed by atoms with Crippen molar-refractivity contribution in [1.82, 2.24) is 14.7 Å². The highest BCUT2D eigenvalue weighted by Gasteiger charge is 2.19. The second-order valence-corrected chi connectivity index (χ2v) is 6.10. The number of hydrogen-bond acceptors (Lipinski definition) is 4. The van der Waals surface area contributed by atoms with Crippen molar-refractivity contribution in [2.24, 2.45) is 7.05 Å². The van der Waals surface area contributed by atoms with Crippen molar-refractivity contribution in [2.45, 2.75) is 0 Å². The van der Waals surface area contributed by atoms with E-state index in [4.69, 9.17) is 11.6 Å². The summed E-state index contributed by atoms with van der Waals surface area (Å²) in [5.74, 6) is 0.565. The van der Waals surface area contributed by atoms with Gasteiger partial charge in [0.05, 0.1) is 6.54 Å². The average molecular weight is 334 g/mol. The van der Waals surface area contributed by atoms with Gasteiger partial charge in [0.1, 0.15) is 0 Å². The van der Waals surface area contributed by atoms with Gasteiger partial charge in [-0.05, 0) is 18.2 Å². The van der Waals surface area contributed by atoms with E-state index < -0.39 is 0 Å². The number of rotatable bonds is 4. The highest BCUT2D eigenvalue weighted by Crippen LogP contribution is 2.20. The third-order valence-electron chi connectivity index (χ3n) is 3.89. The highest BCUT2D eigenvalue weighted by molar-refractivity contribution is 6.30. The maximum atomic E-state index is 12.1. The fourth-order valence-corrected chi connectivity index (χ4v) is 2.89. The van der Waals surface area contributed by atoms with Crippen LogP contribution in [0.15, 0.2) is 36.5 Å². The number of amides is 1. The molecule has 6 nitrogen and oxygen atoms in total. The molecule has 7 heteroatoms. The Hall–Kier alpha value is -2.05.